The highest BCUT2D eigenvalue weighted by atomic mass is 16.5. The van der Waals surface area contributed by atoms with E-state index in [-0.39, 0.29) is 18.4 Å². The van der Waals surface area contributed by atoms with Crippen molar-refractivity contribution in [2.24, 2.45) is 0 Å². The highest BCUT2D eigenvalue weighted by Gasteiger charge is 2.24. The Hall–Kier alpha value is -3.48. The number of carbonyl (C=O) groups excluding carboxylic acids is 2. The van der Waals surface area contributed by atoms with Gasteiger partial charge in [-0.15, -0.1) is 0 Å². The summed E-state index contributed by atoms with van der Waals surface area (Å²) in [4.78, 5) is 30.7. The van der Waals surface area contributed by atoms with Gasteiger partial charge in [-0.1, -0.05) is 38.0 Å². The molecule has 0 saturated carbocycles. The molecule has 170 valence electrons. The summed E-state index contributed by atoms with van der Waals surface area (Å²) in [6, 6.07) is 13.2. The summed E-state index contributed by atoms with van der Waals surface area (Å²) in [5.74, 6) is 0.569. The fourth-order valence-electron chi connectivity index (χ4n) is 3.71. The highest BCUT2D eigenvalue weighted by molar-refractivity contribution is 6.03. The lowest BCUT2D eigenvalue weighted by Crippen LogP contribution is -2.41. The van der Waals surface area contributed by atoms with Crippen molar-refractivity contribution >= 4 is 28.4 Å². The quantitative estimate of drug-likeness (QED) is 0.459. The molecule has 7 nitrogen and oxygen atoms in total. The Labute approximate surface area is 188 Å². The second-order valence-corrected chi connectivity index (χ2v) is 7.72. The van der Waals surface area contributed by atoms with E-state index in [0.717, 1.165) is 35.7 Å². The van der Waals surface area contributed by atoms with Gasteiger partial charge in [0.2, 0.25) is 5.91 Å². The number of carbonyl (C=O) groups is 2. The van der Waals surface area contributed by atoms with Crippen LogP contribution in [0.4, 0.5) is 5.69 Å². The number of methoxy groups -OCH3 is 2. The van der Waals surface area contributed by atoms with Gasteiger partial charge >= 0.3 is 0 Å². The number of H-pyrrole nitrogens is 1. The lowest BCUT2D eigenvalue weighted by Gasteiger charge is -2.27. The number of hydrogen-bond acceptors (Lipinski definition) is 4. The van der Waals surface area contributed by atoms with Crippen LogP contribution in [0.25, 0.3) is 10.9 Å². The number of aryl methyl sites for hydroxylation is 1. The highest BCUT2D eigenvalue weighted by Crippen LogP contribution is 2.39. The van der Waals surface area contributed by atoms with E-state index in [9.17, 15) is 9.59 Å². The standard InChI is InChI=1S/C25H31N3O4/c1-5-6-9-12-28(24-21(31-3)13-17(2)14-22(24)32-4)23(29)16-26-25(30)20-15-18-10-7-8-11-19(18)27-20/h7-8,10-11,13-15,27H,5-6,9,12,16H2,1-4H3,(H,26,30). The molecule has 7 heteroatoms. The number of hydrogen-bond donors (Lipinski definition) is 2. The molecule has 0 unspecified atom stereocenters. The van der Waals surface area contributed by atoms with Crippen molar-refractivity contribution in [3.8, 4) is 11.5 Å². The van der Waals surface area contributed by atoms with Crippen LogP contribution in [0.2, 0.25) is 0 Å². The Morgan fingerprint density at radius 2 is 1.72 bits per heavy atom. The van der Waals surface area contributed by atoms with Gasteiger partial charge < -0.3 is 24.7 Å². The third-order valence-corrected chi connectivity index (χ3v) is 5.36. The first-order chi connectivity index (χ1) is 15.5. The van der Waals surface area contributed by atoms with Crippen molar-refractivity contribution in [1.82, 2.24) is 10.3 Å². The van der Waals surface area contributed by atoms with Crippen molar-refractivity contribution in [1.29, 1.82) is 0 Å². The fourth-order valence-corrected chi connectivity index (χ4v) is 3.71. The van der Waals surface area contributed by atoms with Crippen LogP contribution in [0.3, 0.4) is 0 Å². The summed E-state index contributed by atoms with van der Waals surface area (Å²) in [6.45, 7) is 4.42. The molecule has 1 heterocycles. The molecule has 0 radical (unpaired) electrons. The lowest BCUT2D eigenvalue weighted by atomic mass is 10.1. The van der Waals surface area contributed by atoms with Gasteiger partial charge in [0.1, 0.15) is 22.9 Å². The molecule has 3 aromatic rings. The van der Waals surface area contributed by atoms with Crippen LogP contribution in [0, 0.1) is 6.92 Å². The third kappa shape index (κ3) is 5.22. The molecular formula is C25H31N3O4. The topological polar surface area (TPSA) is 83.7 Å². The van der Waals surface area contributed by atoms with Crippen LogP contribution in [-0.2, 0) is 4.79 Å². The molecule has 2 N–H and O–H groups in total. The van der Waals surface area contributed by atoms with Crippen LogP contribution >= 0.6 is 0 Å². The molecule has 0 aliphatic rings. The summed E-state index contributed by atoms with van der Waals surface area (Å²) in [6.07, 6.45) is 2.85. The van der Waals surface area contributed by atoms with Crippen LogP contribution in [-0.4, -0.2) is 44.1 Å². The second kappa shape index (κ2) is 10.7. The van der Waals surface area contributed by atoms with Gasteiger partial charge in [-0.3, -0.25) is 9.59 Å². The van der Waals surface area contributed by atoms with E-state index >= 15 is 0 Å². The van der Waals surface area contributed by atoms with Crippen molar-refractivity contribution in [2.75, 3.05) is 32.2 Å². The molecule has 2 amide bonds. The first-order valence-corrected chi connectivity index (χ1v) is 10.9. The maximum Gasteiger partial charge on any atom is 0.268 e. The minimum Gasteiger partial charge on any atom is -0.494 e. The molecule has 3 rings (SSSR count). The number of nitrogens with zero attached hydrogens (tertiary/aromatic N) is 1. The monoisotopic (exact) mass is 437 g/mol. The largest absolute Gasteiger partial charge is 0.494 e. The minimum absolute atomic E-state index is 0.138. The number of rotatable bonds is 10. The second-order valence-electron chi connectivity index (χ2n) is 7.72. The molecule has 0 aliphatic carbocycles. The molecule has 0 aliphatic heterocycles. The Morgan fingerprint density at radius 3 is 2.34 bits per heavy atom. The average Bonchev–Trinajstić information content (AvgIpc) is 3.24. The van der Waals surface area contributed by atoms with E-state index < -0.39 is 0 Å². The number of ether oxygens (including phenoxy) is 2. The molecule has 32 heavy (non-hydrogen) atoms. The Balaban J connectivity index is 1.81. The summed E-state index contributed by atoms with van der Waals surface area (Å²) in [5.41, 5.74) is 2.85. The number of nitrogens with one attached hydrogen (secondary N) is 2. The van der Waals surface area contributed by atoms with Gasteiger partial charge in [0.25, 0.3) is 5.91 Å². The number of fused-ring (bicyclic) bond motifs is 1. The molecule has 2 aromatic carbocycles. The minimum atomic E-state index is -0.328. The Kier molecular flexibility index (Phi) is 7.76. The summed E-state index contributed by atoms with van der Waals surface area (Å²) < 4.78 is 11.1. The van der Waals surface area contributed by atoms with E-state index in [2.05, 4.69) is 17.2 Å². The summed E-state index contributed by atoms with van der Waals surface area (Å²) >= 11 is 0. The zero-order valence-corrected chi connectivity index (χ0v) is 19.2. The molecular weight excluding hydrogens is 406 g/mol. The number of unbranched alkanes of at least 4 members (excludes halogenated alkanes) is 2. The van der Waals surface area contributed by atoms with Crippen molar-refractivity contribution in [3.63, 3.8) is 0 Å². The van der Waals surface area contributed by atoms with Gasteiger partial charge in [0.05, 0.1) is 20.8 Å². The molecule has 0 fully saturated rings. The third-order valence-electron chi connectivity index (χ3n) is 5.36. The van der Waals surface area contributed by atoms with Gasteiger partial charge in [-0.2, -0.15) is 0 Å². The maximum atomic E-state index is 13.3. The number of amides is 2. The average molecular weight is 438 g/mol. The van der Waals surface area contributed by atoms with Crippen molar-refractivity contribution < 1.29 is 19.1 Å². The fraction of sp³-hybridized carbons (Fsp3) is 0.360. The normalized spacial score (nSPS) is 10.8. The molecule has 1 aromatic heterocycles. The van der Waals surface area contributed by atoms with E-state index in [0.29, 0.717) is 29.4 Å². The van der Waals surface area contributed by atoms with Gasteiger partial charge in [-0.25, -0.2) is 0 Å². The summed E-state index contributed by atoms with van der Waals surface area (Å²) in [5, 5.41) is 3.69. The van der Waals surface area contributed by atoms with E-state index in [1.54, 1.807) is 25.2 Å². The molecule has 0 atom stereocenters. The zero-order chi connectivity index (χ0) is 23.1. The lowest BCUT2D eigenvalue weighted by molar-refractivity contribution is -0.117. The predicted molar refractivity (Wildman–Crippen MR) is 127 cm³/mol. The number of anilines is 1. The van der Waals surface area contributed by atoms with E-state index in [1.807, 2.05) is 43.3 Å². The van der Waals surface area contributed by atoms with Crippen molar-refractivity contribution in [3.05, 3.63) is 53.7 Å². The Bertz CT molecular complexity index is 1030. The number of benzene rings is 2. The maximum absolute atomic E-state index is 13.3. The van der Waals surface area contributed by atoms with Gasteiger partial charge in [0.15, 0.2) is 0 Å². The SMILES string of the molecule is CCCCCN(C(=O)CNC(=O)c1cc2ccccc2[nH]1)c1c(OC)cc(C)cc1OC. The number of para-hydroxylation sites is 1. The van der Waals surface area contributed by atoms with E-state index in [4.69, 9.17) is 9.47 Å². The molecule has 0 saturated heterocycles. The zero-order valence-electron chi connectivity index (χ0n) is 19.2. The summed E-state index contributed by atoms with van der Waals surface area (Å²) in [7, 11) is 3.15. The van der Waals surface area contributed by atoms with Crippen LogP contribution in [0.1, 0.15) is 42.2 Å². The van der Waals surface area contributed by atoms with Crippen LogP contribution in [0.15, 0.2) is 42.5 Å². The first-order valence-electron chi connectivity index (χ1n) is 10.9. The molecule has 0 bridgehead atoms. The van der Waals surface area contributed by atoms with Gasteiger partial charge in [-0.05, 0) is 43.2 Å². The first kappa shape index (κ1) is 23.2. The number of aromatic nitrogens is 1. The Morgan fingerprint density at radius 1 is 1.03 bits per heavy atom. The smallest absolute Gasteiger partial charge is 0.268 e. The van der Waals surface area contributed by atoms with Gasteiger partial charge in [0, 0.05) is 17.4 Å². The molecule has 0 spiro atoms. The predicted octanol–water partition coefficient (Wildman–Crippen LogP) is 4.45. The number of aromatic amines is 1. The van der Waals surface area contributed by atoms with Crippen LogP contribution < -0.4 is 19.7 Å². The van der Waals surface area contributed by atoms with Crippen molar-refractivity contribution in [2.45, 2.75) is 33.1 Å². The van der Waals surface area contributed by atoms with E-state index in [1.165, 1.54) is 0 Å². The van der Waals surface area contributed by atoms with Crippen LogP contribution in [0.5, 0.6) is 11.5 Å².